The molecule has 1 heterocycles. The van der Waals surface area contributed by atoms with Crippen molar-refractivity contribution in [3.05, 3.63) is 108 Å². The summed E-state index contributed by atoms with van der Waals surface area (Å²) in [5, 5.41) is 3.37. The van der Waals surface area contributed by atoms with Crippen LogP contribution in [0.3, 0.4) is 0 Å². The van der Waals surface area contributed by atoms with Gasteiger partial charge < -0.3 is 9.64 Å². The van der Waals surface area contributed by atoms with Crippen molar-refractivity contribution < 1.29 is 14.1 Å². The van der Waals surface area contributed by atoms with E-state index in [0.717, 1.165) is 55.8 Å². The zero-order valence-electron chi connectivity index (χ0n) is 23.2. The minimum Gasteiger partial charge on any atom is -0.497 e. The van der Waals surface area contributed by atoms with E-state index in [1.54, 1.807) is 7.11 Å². The van der Waals surface area contributed by atoms with Crippen molar-refractivity contribution in [1.82, 2.24) is 0 Å². The van der Waals surface area contributed by atoms with E-state index in [1.807, 2.05) is 26.2 Å². The topological polar surface area (TPSA) is 33.4 Å². The van der Waals surface area contributed by atoms with E-state index in [1.165, 1.54) is 5.39 Å². The van der Waals surface area contributed by atoms with Gasteiger partial charge in [-0.2, -0.15) is 4.57 Å². The molecule has 0 amide bonds. The van der Waals surface area contributed by atoms with Crippen LogP contribution in [0.4, 0.5) is 5.69 Å². The van der Waals surface area contributed by atoms with Gasteiger partial charge in [-0.05, 0) is 58.8 Å². The first-order valence-corrected chi connectivity index (χ1v) is 13.3. The van der Waals surface area contributed by atoms with Gasteiger partial charge in [0.1, 0.15) is 5.75 Å². The molecule has 0 bridgehead atoms. The third-order valence-electron chi connectivity index (χ3n) is 7.85. The molecule has 0 saturated heterocycles. The van der Waals surface area contributed by atoms with E-state index in [2.05, 4.69) is 108 Å². The predicted molar refractivity (Wildman–Crippen MR) is 161 cm³/mol. The summed E-state index contributed by atoms with van der Waals surface area (Å²) in [5.41, 5.74) is 6.86. The molecule has 1 aliphatic carbocycles. The second kappa shape index (κ2) is 9.39. The smallest absolute Gasteiger partial charge is 0.226 e. The Hall–Kier alpha value is -4.44. The Labute approximate surface area is 229 Å². The first-order chi connectivity index (χ1) is 18.7. The highest BCUT2D eigenvalue weighted by Crippen LogP contribution is 2.45. The van der Waals surface area contributed by atoms with Crippen LogP contribution in [0.15, 0.2) is 91.0 Å². The zero-order valence-corrected chi connectivity index (χ0v) is 23.2. The Balaban J connectivity index is 1.71. The van der Waals surface area contributed by atoms with E-state index in [4.69, 9.17) is 4.74 Å². The van der Waals surface area contributed by atoms with Gasteiger partial charge in [0.05, 0.1) is 12.7 Å². The maximum Gasteiger partial charge on any atom is 0.226 e. The molecule has 0 radical (unpaired) electrons. The third-order valence-corrected chi connectivity index (χ3v) is 7.85. The summed E-state index contributed by atoms with van der Waals surface area (Å²) in [5.74, 6) is 0.972. The molecular formula is C35H33N2O2+. The molecule has 39 heavy (non-hydrogen) atoms. The Morgan fingerprint density at radius 3 is 2.15 bits per heavy atom. The summed E-state index contributed by atoms with van der Waals surface area (Å²) in [7, 11) is 5.77. The lowest BCUT2D eigenvalue weighted by molar-refractivity contribution is -0.570. The van der Waals surface area contributed by atoms with Gasteiger partial charge in [0.25, 0.3) is 0 Å². The highest BCUT2D eigenvalue weighted by Gasteiger charge is 2.43. The lowest BCUT2D eigenvalue weighted by Gasteiger charge is -2.32. The average Bonchev–Trinajstić information content (AvgIpc) is 2.93. The molecule has 1 aromatic heterocycles. The van der Waals surface area contributed by atoms with Crippen molar-refractivity contribution in [1.29, 1.82) is 0 Å². The van der Waals surface area contributed by atoms with Gasteiger partial charge in [-0.25, -0.2) is 0 Å². The third kappa shape index (κ3) is 4.36. The molecule has 0 unspecified atom stereocenters. The number of methoxy groups -OCH3 is 1. The first kappa shape index (κ1) is 24.9. The zero-order chi connectivity index (χ0) is 27.3. The van der Waals surface area contributed by atoms with Gasteiger partial charge in [0.2, 0.25) is 16.9 Å². The van der Waals surface area contributed by atoms with E-state index >= 15 is 0 Å². The summed E-state index contributed by atoms with van der Waals surface area (Å²) in [4.78, 5) is 15.8. The molecule has 1 aliphatic rings. The van der Waals surface area contributed by atoms with E-state index in [-0.39, 0.29) is 11.2 Å². The number of aromatic nitrogens is 1. The molecule has 0 aliphatic heterocycles. The molecule has 0 saturated carbocycles. The molecular weight excluding hydrogens is 480 g/mol. The molecule has 0 N–H and O–H groups in total. The van der Waals surface area contributed by atoms with Crippen LogP contribution in [-0.4, -0.2) is 27.0 Å². The Morgan fingerprint density at radius 2 is 1.51 bits per heavy atom. The lowest BCUT2D eigenvalue weighted by Crippen LogP contribution is -2.43. The largest absolute Gasteiger partial charge is 0.497 e. The van der Waals surface area contributed by atoms with Crippen LogP contribution >= 0.6 is 0 Å². The van der Waals surface area contributed by atoms with Crippen molar-refractivity contribution in [2.75, 3.05) is 26.1 Å². The lowest BCUT2D eigenvalue weighted by atomic mass is 9.70. The van der Waals surface area contributed by atoms with Crippen LogP contribution in [0.1, 0.15) is 41.9 Å². The van der Waals surface area contributed by atoms with Crippen LogP contribution in [-0.2, 0) is 0 Å². The Kier molecular flexibility index (Phi) is 5.99. The van der Waals surface area contributed by atoms with Crippen molar-refractivity contribution in [3.8, 4) is 11.4 Å². The van der Waals surface area contributed by atoms with Crippen molar-refractivity contribution in [3.63, 3.8) is 0 Å². The molecule has 6 rings (SSSR count). The maximum absolute atomic E-state index is 13.7. The number of ether oxygens (including phenoxy) is 1. The van der Waals surface area contributed by atoms with Crippen molar-refractivity contribution in [2.45, 2.75) is 20.3 Å². The molecule has 0 atom stereocenters. The first-order valence-electron chi connectivity index (χ1n) is 13.3. The van der Waals surface area contributed by atoms with Crippen LogP contribution in [0.25, 0.3) is 39.0 Å². The SMILES string of the molecule is COc1ccc(-[n+]2c3c(cc4cc5ccccc5cc42)C(=O)CC(C)(C)/C3=C/c2ccc(N(C)C)cc2)cc1. The minimum absolute atomic E-state index is 0.174. The minimum atomic E-state index is -0.344. The molecule has 4 nitrogen and oxygen atoms in total. The molecule has 4 aromatic carbocycles. The van der Waals surface area contributed by atoms with Crippen LogP contribution in [0, 0.1) is 5.41 Å². The normalized spacial score (nSPS) is 15.5. The molecule has 194 valence electrons. The monoisotopic (exact) mass is 513 g/mol. The van der Waals surface area contributed by atoms with Gasteiger partial charge >= 0.3 is 0 Å². The number of fused-ring (bicyclic) bond motifs is 3. The molecule has 0 spiro atoms. The van der Waals surface area contributed by atoms with Crippen molar-refractivity contribution in [2.24, 2.45) is 5.41 Å². The number of anilines is 1. The second-order valence-electron chi connectivity index (χ2n) is 11.2. The van der Waals surface area contributed by atoms with Crippen LogP contribution < -0.4 is 14.2 Å². The number of carbonyl (C=O) groups excluding carboxylic acids is 1. The maximum atomic E-state index is 13.7. The van der Waals surface area contributed by atoms with E-state index < -0.39 is 0 Å². The molecule has 4 heteroatoms. The number of ketones is 1. The summed E-state index contributed by atoms with van der Waals surface area (Å²) in [6.07, 6.45) is 2.72. The Bertz CT molecular complexity index is 1760. The van der Waals surface area contributed by atoms with Gasteiger partial charge in [-0.1, -0.05) is 50.2 Å². The quantitative estimate of drug-likeness (QED) is 0.184. The summed E-state index contributed by atoms with van der Waals surface area (Å²) in [6, 6.07) is 31.6. The average molecular weight is 514 g/mol. The number of hydrogen-bond acceptors (Lipinski definition) is 3. The van der Waals surface area contributed by atoms with E-state index in [9.17, 15) is 4.79 Å². The highest BCUT2D eigenvalue weighted by atomic mass is 16.5. The number of pyridine rings is 1. The van der Waals surface area contributed by atoms with Crippen molar-refractivity contribution >= 4 is 44.8 Å². The van der Waals surface area contributed by atoms with Crippen LogP contribution in [0.5, 0.6) is 5.75 Å². The second-order valence-corrected chi connectivity index (χ2v) is 11.2. The molecule has 0 fully saturated rings. The van der Waals surface area contributed by atoms with Gasteiger partial charge in [-0.3, -0.25) is 4.79 Å². The van der Waals surface area contributed by atoms with E-state index in [0.29, 0.717) is 6.42 Å². The highest BCUT2D eigenvalue weighted by molar-refractivity contribution is 6.09. The number of rotatable bonds is 4. The van der Waals surface area contributed by atoms with Gasteiger partial charge in [0, 0.05) is 60.8 Å². The fraction of sp³-hybridized carbons (Fsp3) is 0.200. The number of nitrogens with zero attached hydrogens (tertiary/aromatic N) is 2. The number of benzene rings is 4. The Morgan fingerprint density at radius 1 is 0.846 bits per heavy atom. The standard InChI is InChI=1S/C35H33N2O2/c1-35(2)22-33(38)30-20-26-19-24-8-6-7-9-25(24)21-32(26)37(28-14-16-29(39-5)17-15-28)34(30)31(35)18-23-10-12-27(13-11-23)36(3)4/h6-21H,22H2,1-5H3/q+1. The summed E-state index contributed by atoms with van der Waals surface area (Å²) >= 11 is 0. The fourth-order valence-corrected chi connectivity index (χ4v) is 5.71. The molecule has 5 aromatic rings. The van der Waals surface area contributed by atoms with Gasteiger partial charge in [0.15, 0.2) is 5.78 Å². The summed E-state index contributed by atoms with van der Waals surface area (Å²) < 4.78 is 7.73. The number of hydrogen-bond donors (Lipinski definition) is 0. The van der Waals surface area contributed by atoms with Crippen LogP contribution in [0.2, 0.25) is 0 Å². The fourth-order valence-electron chi connectivity index (χ4n) is 5.71. The summed E-state index contributed by atoms with van der Waals surface area (Å²) in [6.45, 7) is 4.35. The number of allylic oxidation sites excluding steroid dienone is 1. The number of carbonyl (C=O) groups is 1. The van der Waals surface area contributed by atoms with Gasteiger partial charge in [-0.15, -0.1) is 0 Å². The number of Topliss-reactive ketones (excluding diaryl/α,β-unsaturated/α-hetero) is 1. The predicted octanol–water partition coefficient (Wildman–Crippen LogP) is 7.50.